The highest BCUT2D eigenvalue weighted by Gasteiger charge is 2.33. The number of allylic oxidation sites excluding steroid dienone is 1. The Morgan fingerprint density at radius 3 is 2.16 bits per heavy atom. The van der Waals surface area contributed by atoms with Gasteiger partial charge in [-0.2, -0.15) is 13.2 Å². The first kappa shape index (κ1) is 20.0. The van der Waals surface area contributed by atoms with E-state index in [-0.39, 0.29) is 5.41 Å². The fourth-order valence-corrected chi connectivity index (χ4v) is 3.70. The highest BCUT2D eigenvalue weighted by molar-refractivity contribution is 5.30. The van der Waals surface area contributed by atoms with E-state index in [0.29, 0.717) is 12.0 Å². The van der Waals surface area contributed by atoms with Gasteiger partial charge in [0.2, 0.25) is 0 Å². The van der Waals surface area contributed by atoms with Gasteiger partial charge < -0.3 is 0 Å². The zero-order chi connectivity index (χ0) is 18.8. The lowest BCUT2D eigenvalue weighted by molar-refractivity contribution is -0.137. The smallest absolute Gasteiger partial charge is 0.297 e. The number of alkyl halides is 3. The lowest BCUT2D eigenvalue weighted by atomic mass is 9.78. The average Bonchev–Trinajstić information content (AvgIpc) is 2.92. The quantitative estimate of drug-likeness (QED) is 0.583. The van der Waals surface area contributed by atoms with Crippen LogP contribution in [-0.4, -0.2) is 24.0 Å². The molecule has 0 saturated carbocycles. The molecule has 1 heterocycles. The average molecular weight is 353 g/mol. The molecular weight excluding hydrogens is 323 g/mol. The number of hydrogen-bond donors (Lipinski definition) is 0. The summed E-state index contributed by atoms with van der Waals surface area (Å²) in [6, 6.07) is 5.99. The van der Waals surface area contributed by atoms with Crippen LogP contribution in [0.2, 0.25) is 0 Å². The molecule has 0 bridgehead atoms. The SMILES string of the molecule is CC(C)=CC(CC(C)(C)c1ccc(C(F)(F)F)cc1)N1CC[C@H](C)C1. The van der Waals surface area contributed by atoms with Crippen LogP contribution in [0.3, 0.4) is 0 Å². The Bertz CT molecular complexity index is 595. The third-order valence-electron chi connectivity index (χ3n) is 5.16. The second kappa shape index (κ2) is 7.53. The number of halogens is 3. The first-order chi connectivity index (χ1) is 11.5. The molecule has 1 aliphatic rings. The minimum Gasteiger partial charge on any atom is -0.297 e. The molecule has 1 aromatic rings. The predicted octanol–water partition coefficient (Wildman–Crippen LogP) is 6.05. The molecule has 140 valence electrons. The Morgan fingerprint density at radius 1 is 1.16 bits per heavy atom. The van der Waals surface area contributed by atoms with E-state index >= 15 is 0 Å². The number of hydrogen-bond acceptors (Lipinski definition) is 1. The molecule has 1 unspecified atom stereocenters. The maximum atomic E-state index is 12.8. The first-order valence-electron chi connectivity index (χ1n) is 9.06. The number of nitrogens with zero attached hydrogens (tertiary/aromatic N) is 1. The third kappa shape index (κ3) is 5.34. The summed E-state index contributed by atoms with van der Waals surface area (Å²) >= 11 is 0. The van der Waals surface area contributed by atoms with Crippen molar-refractivity contribution in [2.24, 2.45) is 5.92 Å². The van der Waals surface area contributed by atoms with Gasteiger partial charge >= 0.3 is 6.18 Å². The Kier molecular flexibility index (Phi) is 6.03. The molecule has 2 atom stereocenters. The molecule has 2 rings (SSSR count). The van der Waals surface area contributed by atoms with Gasteiger partial charge in [-0.05, 0) is 62.3 Å². The van der Waals surface area contributed by atoms with Crippen molar-refractivity contribution in [1.29, 1.82) is 0 Å². The van der Waals surface area contributed by atoms with E-state index in [1.807, 2.05) is 0 Å². The summed E-state index contributed by atoms with van der Waals surface area (Å²) in [4.78, 5) is 2.52. The van der Waals surface area contributed by atoms with Crippen LogP contribution in [0.25, 0.3) is 0 Å². The molecule has 0 amide bonds. The molecule has 4 heteroatoms. The molecular formula is C21H30F3N. The molecule has 25 heavy (non-hydrogen) atoms. The van der Waals surface area contributed by atoms with Gasteiger partial charge in [0.25, 0.3) is 0 Å². The van der Waals surface area contributed by atoms with Gasteiger partial charge in [0.15, 0.2) is 0 Å². The maximum absolute atomic E-state index is 12.8. The van der Waals surface area contributed by atoms with Gasteiger partial charge in [-0.1, -0.05) is 44.6 Å². The highest BCUT2D eigenvalue weighted by atomic mass is 19.4. The van der Waals surface area contributed by atoms with Crippen molar-refractivity contribution in [2.75, 3.05) is 13.1 Å². The van der Waals surface area contributed by atoms with Crippen molar-refractivity contribution < 1.29 is 13.2 Å². The topological polar surface area (TPSA) is 3.24 Å². The maximum Gasteiger partial charge on any atom is 0.416 e. The second-order valence-electron chi connectivity index (χ2n) is 8.36. The van der Waals surface area contributed by atoms with E-state index in [1.165, 1.54) is 24.1 Å². The molecule has 1 saturated heterocycles. The largest absolute Gasteiger partial charge is 0.416 e. The molecule has 1 aliphatic heterocycles. The zero-order valence-electron chi connectivity index (χ0n) is 16.0. The minimum atomic E-state index is -4.28. The number of likely N-dealkylation sites (tertiary alicyclic amines) is 1. The third-order valence-corrected chi connectivity index (χ3v) is 5.16. The van der Waals surface area contributed by atoms with Crippen molar-refractivity contribution in [3.8, 4) is 0 Å². The second-order valence-corrected chi connectivity index (χ2v) is 8.36. The van der Waals surface area contributed by atoms with E-state index in [1.54, 1.807) is 12.1 Å². The van der Waals surface area contributed by atoms with Gasteiger partial charge in [-0.3, -0.25) is 4.90 Å². The molecule has 0 N–H and O–H groups in total. The van der Waals surface area contributed by atoms with Crippen LogP contribution in [0.15, 0.2) is 35.9 Å². The lowest BCUT2D eigenvalue weighted by Gasteiger charge is -2.34. The molecule has 0 spiro atoms. The fraction of sp³-hybridized carbons (Fsp3) is 0.619. The molecule has 1 fully saturated rings. The highest BCUT2D eigenvalue weighted by Crippen LogP contribution is 2.35. The van der Waals surface area contributed by atoms with Crippen molar-refractivity contribution in [2.45, 2.75) is 65.1 Å². The van der Waals surface area contributed by atoms with Crippen molar-refractivity contribution in [1.82, 2.24) is 4.90 Å². The lowest BCUT2D eigenvalue weighted by Crippen LogP contribution is -2.37. The van der Waals surface area contributed by atoms with E-state index in [0.717, 1.165) is 25.1 Å². The summed E-state index contributed by atoms with van der Waals surface area (Å²) in [5.41, 5.74) is 1.47. The van der Waals surface area contributed by atoms with Crippen LogP contribution in [0.5, 0.6) is 0 Å². The normalized spacial score (nSPS) is 20.6. The Hall–Kier alpha value is -1.29. The molecule has 1 nitrogen and oxygen atoms in total. The van der Waals surface area contributed by atoms with Gasteiger partial charge in [0, 0.05) is 12.6 Å². The van der Waals surface area contributed by atoms with Crippen LogP contribution >= 0.6 is 0 Å². The fourth-order valence-electron chi connectivity index (χ4n) is 3.70. The first-order valence-corrected chi connectivity index (χ1v) is 9.06. The van der Waals surface area contributed by atoms with E-state index in [4.69, 9.17) is 0 Å². The summed E-state index contributed by atoms with van der Waals surface area (Å²) in [5, 5.41) is 0. The van der Waals surface area contributed by atoms with Crippen molar-refractivity contribution in [3.63, 3.8) is 0 Å². The van der Waals surface area contributed by atoms with Gasteiger partial charge in [-0.25, -0.2) is 0 Å². The predicted molar refractivity (Wildman–Crippen MR) is 97.7 cm³/mol. The molecule has 0 aromatic heterocycles. The number of benzene rings is 1. The van der Waals surface area contributed by atoms with Gasteiger partial charge in [-0.15, -0.1) is 0 Å². The van der Waals surface area contributed by atoms with E-state index in [2.05, 4.69) is 45.6 Å². The van der Waals surface area contributed by atoms with E-state index in [9.17, 15) is 13.2 Å². The van der Waals surface area contributed by atoms with Crippen molar-refractivity contribution >= 4 is 0 Å². The molecule has 1 aromatic carbocycles. The van der Waals surface area contributed by atoms with Crippen LogP contribution in [0, 0.1) is 5.92 Å². The van der Waals surface area contributed by atoms with Crippen LogP contribution in [0.1, 0.15) is 58.6 Å². The summed E-state index contributed by atoms with van der Waals surface area (Å²) in [6.45, 7) is 12.9. The summed E-state index contributed by atoms with van der Waals surface area (Å²) in [5.74, 6) is 0.710. The number of rotatable bonds is 5. The van der Waals surface area contributed by atoms with Crippen LogP contribution in [-0.2, 0) is 11.6 Å². The standard InChI is InChI=1S/C21H30F3N/c1-15(2)12-19(25-11-10-16(3)14-25)13-20(4,5)17-6-8-18(9-7-17)21(22,23)24/h6-9,12,16,19H,10-11,13-14H2,1-5H3/t16-,19?/m0/s1. The van der Waals surface area contributed by atoms with E-state index < -0.39 is 11.7 Å². The zero-order valence-corrected chi connectivity index (χ0v) is 16.0. The summed E-state index contributed by atoms with van der Waals surface area (Å²) in [6.07, 6.45) is 0.146. The van der Waals surface area contributed by atoms with Crippen LogP contribution in [0.4, 0.5) is 13.2 Å². The molecule has 0 radical (unpaired) electrons. The van der Waals surface area contributed by atoms with Crippen molar-refractivity contribution in [3.05, 3.63) is 47.0 Å². The monoisotopic (exact) mass is 353 g/mol. The molecule has 0 aliphatic carbocycles. The minimum absolute atomic E-state index is 0.188. The van der Waals surface area contributed by atoms with Gasteiger partial charge in [0.05, 0.1) is 5.56 Å². The Labute approximate surface area is 149 Å². The Morgan fingerprint density at radius 2 is 1.72 bits per heavy atom. The Balaban J connectivity index is 2.20. The van der Waals surface area contributed by atoms with Gasteiger partial charge in [0.1, 0.15) is 0 Å². The summed E-state index contributed by atoms with van der Waals surface area (Å²) in [7, 11) is 0. The summed E-state index contributed by atoms with van der Waals surface area (Å²) < 4.78 is 38.4. The van der Waals surface area contributed by atoms with Crippen LogP contribution < -0.4 is 0 Å².